The first-order valence-corrected chi connectivity index (χ1v) is 4.67. The number of unbranched alkanes of at least 4 members (excludes halogenated alkanes) is 1. The monoisotopic (exact) mass is 189 g/mol. The molecule has 0 spiro atoms. The Morgan fingerprint density at radius 3 is 2.54 bits per heavy atom. The van der Waals surface area contributed by atoms with Crippen molar-refractivity contribution in [2.24, 2.45) is 0 Å². The van der Waals surface area contributed by atoms with E-state index in [9.17, 15) is 9.90 Å². The summed E-state index contributed by atoms with van der Waals surface area (Å²) in [6, 6.07) is -0.524. The molecule has 0 aromatic carbocycles. The van der Waals surface area contributed by atoms with Crippen LogP contribution in [0.3, 0.4) is 0 Å². The van der Waals surface area contributed by atoms with Gasteiger partial charge in [-0.2, -0.15) is 0 Å². The summed E-state index contributed by atoms with van der Waals surface area (Å²) in [6.45, 7) is 3.18. The first kappa shape index (κ1) is 12.4. The van der Waals surface area contributed by atoms with Crippen molar-refractivity contribution in [2.75, 3.05) is 6.61 Å². The van der Waals surface area contributed by atoms with Crippen LogP contribution in [0.5, 0.6) is 0 Å². The van der Waals surface area contributed by atoms with Gasteiger partial charge in [-0.05, 0) is 6.42 Å². The second-order valence-corrected chi connectivity index (χ2v) is 3.20. The van der Waals surface area contributed by atoms with E-state index >= 15 is 0 Å². The summed E-state index contributed by atoms with van der Waals surface area (Å²) in [5.74, 6) is -0.227. The molecular weight excluding hydrogens is 170 g/mol. The van der Waals surface area contributed by atoms with Gasteiger partial charge in [0.1, 0.15) is 0 Å². The first-order chi connectivity index (χ1) is 6.11. The van der Waals surface area contributed by atoms with Crippen molar-refractivity contribution in [1.29, 1.82) is 0 Å². The average Bonchev–Trinajstić information content (AvgIpc) is 2.09. The van der Waals surface area contributed by atoms with Gasteiger partial charge >= 0.3 is 0 Å². The Morgan fingerprint density at radius 2 is 2.15 bits per heavy atom. The Labute approximate surface area is 79.0 Å². The van der Waals surface area contributed by atoms with Crippen LogP contribution >= 0.6 is 0 Å². The van der Waals surface area contributed by atoms with Crippen LogP contribution in [0.2, 0.25) is 0 Å². The smallest absolute Gasteiger partial charge is 0.217 e. The topological polar surface area (TPSA) is 69.6 Å². The summed E-state index contributed by atoms with van der Waals surface area (Å²) in [4.78, 5) is 10.7. The molecular formula is C9H19NO3. The van der Waals surface area contributed by atoms with Crippen LogP contribution in [0.4, 0.5) is 0 Å². The molecule has 0 saturated heterocycles. The van der Waals surface area contributed by atoms with Gasteiger partial charge in [0.2, 0.25) is 5.91 Å². The highest BCUT2D eigenvalue weighted by Crippen LogP contribution is 2.04. The standard InChI is InChI=1S/C9H19NO3/c1-3-4-5-9(13)8(6-11)10-7(2)12/h8-9,11,13H,3-6H2,1-2H3,(H,10,12). The molecule has 0 aromatic rings. The predicted octanol–water partition coefficient (Wildman–Crippen LogP) is 0.0345. The Hall–Kier alpha value is -0.610. The number of amides is 1. The van der Waals surface area contributed by atoms with Gasteiger partial charge in [0.25, 0.3) is 0 Å². The lowest BCUT2D eigenvalue weighted by atomic mass is 10.1. The van der Waals surface area contributed by atoms with Gasteiger partial charge in [0.05, 0.1) is 18.8 Å². The summed E-state index contributed by atoms with van der Waals surface area (Å²) in [7, 11) is 0. The van der Waals surface area contributed by atoms with Crippen LogP contribution in [0.1, 0.15) is 33.1 Å². The van der Waals surface area contributed by atoms with Crippen LogP contribution in [-0.2, 0) is 4.79 Å². The molecule has 0 rings (SSSR count). The van der Waals surface area contributed by atoms with E-state index in [-0.39, 0.29) is 12.5 Å². The Bertz CT molecular complexity index is 150. The molecule has 0 aliphatic rings. The van der Waals surface area contributed by atoms with Crippen LogP contribution in [-0.4, -0.2) is 34.9 Å². The van der Waals surface area contributed by atoms with Crippen LogP contribution < -0.4 is 5.32 Å². The van der Waals surface area contributed by atoms with Crippen molar-refractivity contribution < 1.29 is 15.0 Å². The van der Waals surface area contributed by atoms with Gasteiger partial charge in [0.15, 0.2) is 0 Å². The van der Waals surface area contributed by atoms with Crippen LogP contribution in [0.15, 0.2) is 0 Å². The molecule has 2 atom stereocenters. The lowest BCUT2D eigenvalue weighted by Crippen LogP contribution is -2.44. The van der Waals surface area contributed by atoms with Gasteiger partial charge in [-0.1, -0.05) is 19.8 Å². The lowest BCUT2D eigenvalue weighted by molar-refractivity contribution is -0.121. The minimum absolute atomic E-state index is 0.218. The Morgan fingerprint density at radius 1 is 1.54 bits per heavy atom. The van der Waals surface area contributed by atoms with E-state index in [4.69, 9.17) is 5.11 Å². The molecule has 1 amide bonds. The van der Waals surface area contributed by atoms with Gasteiger partial charge in [-0.15, -0.1) is 0 Å². The van der Waals surface area contributed by atoms with Gasteiger partial charge < -0.3 is 15.5 Å². The number of aliphatic hydroxyl groups excluding tert-OH is 2. The maximum Gasteiger partial charge on any atom is 0.217 e. The van der Waals surface area contributed by atoms with E-state index < -0.39 is 12.1 Å². The number of carbonyl (C=O) groups excluding carboxylic acids is 1. The van der Waals surface area contributed by atoms with E-state index in [2.05, 4.69) is 5.32 Å². The van der Waals surface area contributed by atoms with Crippen molar-refractivity contribution in [1.82, 2.24) is 5.32 Å². The summed E-state index contributed by atoms with van der Waals surface area (Å²) < 4.78 is 0. The number of hydrogen-bond donors (Lipinski definition) is 3. The molecule has 0 heterocycles. The molecule has 0 saturated carbocycles. The van der Waals surface area contributed by atoms with Gasteiger partial charge in [-0.3, -0.25) is 4.79 Å². The van der Waals surface area contributed by atoms with Gasteiger partial charge in [0, 0.05) is 6.92 Å². The fraction of sp³-hybridized carbons (Fsp3) is 0.889. The molecule has 13 heavy (non-hydrogen) atoms. The van der Waals surface area contributed by atoms with Crippen LogP contribution in [0, 0.1) is 0 Å². The third kappa shape index (κ3) is 5.60. The highest BCUT2D eigenvalue weighted by Gasteiger charge is 2.17. The largest absolute Gasteiger partial charge is 0.394 e. The number of carbonyl (C=O) groups is 1. The van der Waals surface area contributed by atoms with Gasteiger partial charge in [-0.25, -0.2) is 0 Å². The minimum atomic E-state index is -0.645. The molecule has 2 unspecified atom stereocenters. The fourth-order valence-corrected chi connectivity index (χ4v) is 1.14. The Kier molecular flexibility index (Phi) is 6.54. The SMILES string of the molecule is CCCCC(O)C(CO)NC(C)=O. The summed E-state index contributed by atoms with van der Waals surface area (Å²) in [6.07, 6.45) is 1.86. The van der Waals surface area contributed by atoms with Crippen molar-refractivity contribution in [3.63, 3.8) is 0 Å². The predicted molar refractivity (Wildman–Crippen MR) is 50.2 cm³/mol. The van der Waals surface area contributed by atoms with E-state index in [1.165, 1.54) is 6.92 Å². The van der Waals surface area contributed by atoms with Crippen molar-refractivity contribution in [2.45, 2.75) is 45.3 Å². The first-order valence-electron chi connectivity index (χ1n) is 4.67. The minimum Gasteiger partial charge on any atom is -0.394 e. The maximum atomic E-state index is 10.7. The van der Waals surface area contributed by atoms with E-state index in [1.54, 1.807) is 0 Å². The average molecular weight is 189 g/mol. The summed E-state index contributed by atoms with van der Waals surface area (Å²) >= 11 is 0. The van der Waals surface area contributed by atoms with E-state index in [0.29, 0.717) is 6.42 Å². The van der Waals surface area contributed by atoms with Crippen molar-refractivity contribution in [3.8, 4) is 0 Å². The third-order valence-corrected chi connectivity index (χ3v) is 1.90. The second kappa shape index (κ2) is 6.86. The molecule has 0 fully saturated rings. The molecule has 0 aromatic heterocycles. The number of rotatable bonds is 6. The summed E-state index contributed by atoms with van der Waals surface area (Å²) in [5, 5.41) is 20.9. The zero-order valence-corrected chi connectivity index (χ0v) is 8.29. The number of aliphatic hydroxyl groups is 2. The highest BCUT2D eigenvalue weighted by molar-refractivity contribution is 5.73. The molecule has 0 aliphatic heterocycles. The second-order valence-electron chi connectivity index (χ2n) is 3.20. The van der Waals surface area contributed by atoms with Crippen molar-refractivity contribution >= 4 is 5.91 Å². The van der Waals surface area contributed by atoms with E-state index in [1.807, 2.05) is 6.92 Å². The van der Waals surface area contributed by atoms with E-state index in [0.717, 1.165) is 12.8 Å². The fourth-order valence-electron chi connectivity index (χ4n) is 1.14. The van der Waals surface area contributed by atoms with Crippen molar-refractivity contribution in [3.05, 3.63) is 0 Å². The quantitative estimate of drug-likeness (QED) is 0.552. The molecule has 78 valence electrons. The lowest BCUT2D eigenvalue weighted by Gasteiger charge is -2.21. The number of nitrogens with one attached hydrogen (secondary N) is 1. The molecule has 0 radical (unpaired) electrons. The molecule has 4 nitrogen and oxygen atoms in total. The molecule has 3 N–H and O–H groups in total. The highest BCUT2D eigenvalue weighted by atomic mass is 16.3. The number of hydrogen-bond acceptors (Lipinski definition) is 3. The molecule has 0 aliphatic carbocycles. The zero-order valence-electron chi connectivity index (χ0n) is 8.29. The zero-order chi connectivity index (χ0) is 10.3. The van der Waals surface area contributed by atoms with Crippen LogP contribution in [0.25, 0.3) is 0 Å². The molecule has 0 bridgehead atoms. The third-order valence-electron chi connectivity index (χ3n) is 1.90. The summed E-state index contributed by atoms with van der Waals surface area (Å²) in [5.41, 5.74) is 0. The normalized spacial score (nSPS) is 15.1. The maximum absolute atomic E-state index is 10.7. The molecule has 4 heteroatoms. The Balaban J connectivity index is 3.84.